The van der Waals surface area contributed by atoms with Crippen molar-refractivity contribution in [2.45, 2.75) is 0 Å². The van der Waals surface area contributed by atoms with Crippen molar-refractivity contribution in [3.63, 3.8) is 0 Å². The minimum absolute atomic E-state index is 0.000000000000000222. The average molecular weight is 777 g/mol. The second-order valence-corrected chi connectivity index (χ2v) is 10.9. The maximum atomic E-state index is 5.68. The molecule has 2 aromatic carbocycles. The highest BCUT2D eigenvalue weighted by Crippen LogP contribution is 2.27. The quantitative estimate of drug-likeness (QED) is 0.279. The van der Waals surface area contributed by atoms with Gasteiger partial charge in [0.2, 0.25) is 0 Å². The van der Waals surface area contributed by atoms with E-state index in [2.05, 4.69) is 47.4 Å². The summed E-state index contributed by atoms with van der Waals surface area (Å²) in [7, 11) is 0. The van der Waals surface area contributed by atoms with E-state index < -0.39 is 0 Å². The van der Waals surface area contributed by atoms with Gasteiger partial charge in [-0.05, 0) is 48.7 Å². The molecular formula is C34H56N4O12S2. The lowest BCUT2D eigenvalue weighted by atomic mass is 10.3. The molecule has 0 unspecified atom stereocenters. The zero-order valence-corrected chi connectivity index (χ0v) is 31.4. The zero-order chi connectivity index (χ0) is 37.7. The molecular weight excluding hydrogens is 721 g/mol. The van der Waals surface area contributed by atoms with E-state index >= 15 is 0 Å². The number of benzene rings is 2. The Balaban J connectivity index is 0.000000431. The number of para-hydroxylation sites is 4. The minimum atomic E-state index is 0.000000000000000222. The number of hydrogen-bond acceptors (Lipinski definition) is 14. The lowest BCUT2D eigenvalue weighted by Crippen LogP contribution is -2.18. The molecule has 4 rings (SSSR count). The number of ether oxygens (including phenoxy) is 12. The Morgan fingerprint density at radius 3 is 0.596 bits per heavy atom. The van der Waals surface area contributed by atoms with Gasteiger partial charge in [-0.2, -0.15) is 0 Å². The molecule has 0 saturated carbocycles. The fourth-order valence-electron chi connectivity index (χ4n) is 3.74. The van der Waals surface area contributed by atoms with Gasteiger partial charge in [-0.15, -0.1) is 0 Å². The van der Waals surface area contributed by atoms with Crippen LogP contribution < -0.4 is 41.9 Å². The third kappa shape index (κ3) is 30.3. The highest BCUT2D eigenvalue weighted by Gasteiger charge is 2.06. The highest BCUT2D eigenvalue weighted by atomic mass is 32.1. The predicted molar refractivity (Wildman–Crippen MR) is 203 cm³/mol. The van der Waals surface area contributed by atoms with E-state index in [0.29, 0.717) is 155 Å². The molecule has 0 saturated heterocycles. The molecule has 0 fully saturated rings. The second-order valence-electron chi connectivity index (χ2n) is 9.99. The number of rotatable bonds is 0. The molecule has 16 nitrogen and oxygen atoms in total. The lowest BCUT2D eigenvalue weighted by Gasteiger charge is -2.13. The van der Waals surface area contributed by atoms with E-state index in [1.165, 1.54) is 0 Å². The molecule has 8 N–H and O–H groups in total. The van der Waals surface area contributed by atoms with E-state index in [-0.39, 0.29) is 10.2 Å². The Morgan fingerprint density at radius 1 is 0.308 bits per heavy atom. The molecule has 18 heteroatoms. The fraction of sp³-hybridized carbons (Fsp3) is 0.588. The van der Waals surface area contributed by atoms with Gasteiger partial charge in [0.05, 0.1) is 106 Å². The summed E-state index contributed by atoms with van der Waals surface area (Å²) in [4.78, 5) is 0. The summed E-state index contributed by atoms with van der Waals surface area (Å²) in [6.45, 7) is 10.6. The van der Waals surface area contributed by atoms with Gasteiger partial charge < -0.3 is 79.8 Å². The first kappa shape index (κ1) is 46.7. The third-order valence-corrected chi connectivity index (χ3v) is 5.87. The van der Waals surface area contributed by atoms with Crippen molar-refractivity contribution in [3.05, 3.63) is 48.5 Å². The maximum Gasteiger partial charge on any atom is 0.161 e. The van der Waals surface area contributed by atoms with Crippen molar-refractivity contribution in [3.8, 4) is 23.0 Å². The average Bonchev–Trinajstić information content (AvgIpc) is 3.11. The van der Waals surface area contributed by atoms with Crippen LogP contribution in [0.3, 0.4) is 0 Å². The number of hydrogen-bond donors (Lipinski definition) is 4. The number of thiocarbonyl (C=S) groups is 2. The van der Waals surface area contributed by atoms with Crippen LogP contribution in [0.5, 0.6) is 23.0 Å². The van der Waals surface area contributed by atoms with Gasteiger partial charge in [-0.25, -0.2) is 0 Å². The normalized spacial score (nSPS) is 17.7. The summed E-state index contributed by atoms with van der Waals surface area (Å²) >= 11 is 8.19. The summed E-state index contributed by atoms with van der Waals surface area (Å²) in [5.41, 5.74) is 18.5. The van der Waals surface area contributed by atoms with Gasteiger partial charge in [0, 0.05) is 0 Å². The molecule has 0 radical (unpaired) electrons. The Bertz CT molecular complexity index is 990. The molecule has 0 spiro atoms. The smallest absolute Gasteiger partial charge is 0.161 e. The Labute approximate surface area is 317 Å². The molecule has 52 heavy (non-hydrogen) atoms. The predicted octanol–water partition coefficient (Wildman–Crippen LogP) is 1.43. The first-order chi connectivity index (χ1) is 25.4. The summed E-state index contributed by atoms with van der Waals surface area (Å²) in [5.74, 6) is 2.86. The SMILES string of the molecule is NC(N)=S.NC(N)=S.c1ccc2c(c1)OCCOCCOCCOCCOCCO2.c1ccc2c(c1)OCCOCCOCCOCCOCCO2. The molecule has 0 aromatic heterocycles. The van der Waals surface area contributed by atoms with Crippen molar-refractivity contribution in [1.29, 1.82) is 0 Å². The molecule has 2 aliphatic heterocycles. The molecule has 0 aliphatic carbocycles. The van der Waals surface area contributed by atoms with Gasteiger partial charge in [0.15, 0.2) is 33.2 Å². The molecule has 0 atom stereocenters. The molecule has 2 aromatic rings. The summed E-state index contributed by atoms with van der Waals surface area (Å²) < 4.78 is 66.0. The van der Waals surface area contributed by atoms with Gasteiger partial charge >= 0.3 is 0 Å². The molecule has 296 valence electrons. The van der Waals surface area contributed by atoms with Crippen LogP contribution in [0.15, 0.2) is 48.5 Å². The fourth-order valence-corrected chi connectivity index (χ4v) is 3.74. The third-order valence-electron chi connectivity index (χ3n) is 5.87. The minimum Gasteiger partial charge on any atom is -0.487 e. The second kappa shape index (κ2) is 34.8. The van der Waals surface area contributed by atoms with E-state index in [4.69, 9.17) is 56.8 Å². The number of fused-ring (bicyclic) bond motifs is 2. The van der Waals surface area contributed by atoms with E-state index in [1.54, 1.807) is 0 Å². The first-order valence-corrected chi connectivity index (χ1v) is 17.6. The van der Waals surface area contributed by atoms with Gasteiger partial charge in [-0.3, -0.25) is 0 Å². The summed E-state index contributed by atoms with van der Waals surface area (Å²) in [5, 5.41) is 0.000000000000000444. The van der Waals surface area contributed by atoms with Crippen LogP contribution in [-0.2, 0) is 37.9 Å². The highest BCUT2D eigenvalue weighted by molar-refractivity contribution is 7.80. The Kier molecular flexibility index (Phi) is 31.2. The zero-order valence-electron chi connectivity index (χ0n) is 29.8. The van der Waals surface area contributed by atoms with Crippen LogP contribution >= 0.6 is 24.4 Å². The van der Waals surface area contributed by atoms with Gasteiger partial charge in [0.25, 0.3) is 0 Å². The van der Waals surface area contributed by atoms with E-state index in [9.17, 15) is 0 Å². The van der Waals surface area contributed by atoms with Crippen LogP contribution in [0.4, 0.5) is 0 Å². The maximum absolute atomic E-state index is 5.68. The largest absolute Gasteiger partial charge is 0.487 e. The van der Waals surface area contributed by atoms with Crippen LogP contribution in [0.25, 0.3) is 0 Å². The molecule has 2 aliphatic rings. The van der Waals surface area contributed by atoms with Crippen molar-refractivity contribution in [1.82, 2.24) is 0 Å². The van der Waals surface area contributed by atoms with Crippen LogP contribution in [0.1, 0.15) is 0 Å². The summed E-state index contributed by atoms with van der Waals surface area (Å²) in [6, 6.07) is 15.2. The monoisotopic (exact) mass is 776 g/mol. The molecule has 0 bridgehead atoms. The summed E-state index contributed by atoms with van der Waals surface area (Å²) in [6.07, 6.45) is 0. The topological polar surface area (TPSA) is 215 Å². The van der Waals surface area contributed by atoms with E-state index in [0.717, 1.165) is 0 Å². The van der Waals surface area contributed by atoms with Crippen molar-refractivity contribution in [2.24, 2.45) is 22.9 Å². The van der Waals surface area contributed by atoms with Crippen LogP contribution in [0, 0.1) is 0 Å². The van der Waals surface area contributed by atoms with Gasteiger partial charge in [0.1, 0.15) is 26.4 Å². The van der Waals surface area contributed by atoms with Gasteiger partial charge in [-0.1, -0.05) is 24.3 Å². The first-order valence-electron chi connectivity index (χ1n) is 16.8. The lowest BCUT2D eigenvalue weighted by molar-refractivity contribution is -0.00841. The number of nitrogens with two attached hydrogens (primary N) is 4. The van der Waals surface area contributed by atoms with E-state index in [1.807, 2.05) is 48.5 Å². The van der Waals surface area contributed by atoms with Crippen molar-refractivity contribution >= 4 is 34.7 Å². The van der Waals surface area contributed by atoms with Crippen LogP contribution in [0.2, 0.25) is 0 Å². The van der Waals surface area contributed by atoms with Crippen molar-refractivity contribution in [2.75, 3.05) is 132 Å². The Morgan fingerprint density at radius 2 is 0.442 bits per heavy atom. The standard InChI is InChI=1S/2C16H24O6.2CH4N2S/c2*1-2-4-16-15(3-1)21-13-11-19-9-7-17-5-6-18-8-10-20-12-14-22-16;2*2-1(3)4/h2*1-4H,5-14H2;2*(H4,2,3,4). The Hall–Kier alpha value is -3.30. The van der Waals surface area contributed by atoms with Crippen molar-refractivity contribution < 1.29 is 56.8 Å². The van der Waals surface area contributed by atoms with Crippen LogP contribution in [-0.4, -0.2) is 142 Å². The molecule has 0 amide bonds. The molecule has 2 heterocycles.